The highest BCUT2D eigenvalue weighted by atomic mass is 16.6. The first-order valence-electron chi connectivity index (χ1n) is 19.2. The molecule has 4 aromatic rings. The highest BCUT2D eigenvalue weighted by Gasteiger charge is 2.31. The van der Waals surface area contributed by atoms with Crippen LogP contribution >= 0.6 is 0 Å². The lowest BCUT2D eigenvalue weighted by atomic mass is 9.97. The minimum absolute atomic E-state index is 0.0908. The van der Waals surface area contributed by atoms with E-state index in [2.05, 4.69) is 28.1 Å². The van der Waals surface area contributed by atoms with Crippen LogP contribution in [0, 0.1) is 5.92 Å². The Morgan fingerprint density at radius 1 is 0.875 bits per heavy atom. The maximum Gasteiger partial charge on any atom is 0.407 e. The topological polar surface area (TPSA) is 152 Å². The Bertz CT molecular complexity index is 1940. The van der Waals surface area contributed by atoms with Crippen molar-refractivity contribution in [2.24, 2.45) is 5.92 Å². The Kier molecular flexibility index (Phi) is 13.9. The number of allylic oxidation sites excluding steroid dienone is 2. The molecule has 3 amide bonds. The first-order chi connectivity index (χ1) is 27.3. The van der Waals surface area contributed by atoms with E-state index < -0.39 is 36.1 Å². The van der Waals surface area contributed by atoms with Crippen molar-refractivity contribution < 1.29 is 38.5 Å². The van der Waals surface area contributed by atoms with Crippen LogP contribution in [0.4, 0.5) is 4.79 Å². The molecule has 1 aliphatic carbocycles. The lowest BCUT2D eigenvalue weighted by Crippen LogP contribution is -2.47. The average Bonchev–Trinajstić information content (AvgIpc) is 3.54. The van der Waals surface area contributed by atoms with Crippen LogP contribution in [0.3, 0.4) is 0 Å². The molecule has 0 saturated carbocycles. The summed E-state index contributed by atoms with van der Waals surface area (Å²) >= 11 is 0. The van der Waals surface area contributed by atoms with Crippen molar-refractivity contribution in [1.29, 1.82) is 0 Å². The average molecular weight is 760 g/mol. The van der Waals surface area contributed by atoms with Crippen molar-refractivity contribution in [3.63, 3.8) is 0 Å². The zero-order valence-electron chi connectivity index (χ0n) is 31.5. The van der Waals surface area contributed by atoms with Gasteiger partial charge < -0.3 is 35.3 Å². The minimum Gasteiger partial charge on any atom is -0.489 e. The number of cyclic esters (lactones) is 1. The molecule has 292 valence electrons. The van der Waals surface area contributed by atoms with Crippen LogP contribution in [-0.4, -0.2) is 66.9 Å². The molecule has 0 spiro atoms. The summed E-state index contributed by atoms with van der Waals surface area (Å²) in [6.45, 7) is 1.79. The summed E-state index contributed by atoms with van der Waals surface area (Å²) in [5.74, 6) is -1.54. The van der Waals surface area contributed by atoms with Crippen LogP contribution in [-0.2, 0) is 36.9 Å². The van der Waals surface area contributed by atoms with Gasteiger partial charge in [0.05, 0.1) is 18.6 Å². The quantitative estimate of drug-likeness (QED) is 0.102. The fraction of sp³-hybridized carbons (Fsp3) is 0.333. The van der Waals surface area contributed by atoms with Gasteiger partial charge in [-0.1, -0.05) is 103 Å². The van der Waals surface area contributed by atoms with E-state index >= 15 is 0 Å². The number of nitrogens with one attached hydrogen (secondary N) is 3. The molecule has 4 aromatic carbocycles. The molecule has 0 bridgehead atoms. The van der Waals surface area contributed by atoms with Gasteiger partial charge in [-0.2, -0.15) is 0 Å². The number of aliphatic hydroxyl groups excluding tert-OH is 1. The second-order valence-electron chi connectivity index (χ2n) is 14.3. The third-order valence-electron chi connectivity index (χ3n) is 10.0. The number of hydrogen-bond acceptors (Lipinski definition) is 8. The molecule has 1 aliphatic heterocycles. The Labute approximate surface area is 327 Å². The zero-order chi connectivity index (χ0) is 39.3. The van der Waals surface area contributed by atoms with E-state index in [1.807, 2.05) is 103 Å². The summed E-state index contributed by atoms with van der Waals surface area (Å²) < 4.78 is 17.5. The Morgan fingerprint density at radius 2 is 1.55 bits per heavy atom. The molecule has 4 unspecified atom stereocenters. The van der Waals surface area contributed by atoms with Gasteiger partial charge >= 0.3 is 12.1 Å². The first-order valence-corrected chi connectivity index (χ1v) is 19.2. The third-order valence-corrected chi connectivity index (χ3v) is 10.0. The van der Waals surface area contributed by atoms with Gasteiger partial charge in [0, 0.05) is 18.4 Å². The number of hydrogen-bond donors (Lipinski definition) is 4. The van der Waals surface area contributed by atoms with Crippen molar-refractivity contribution in [3.8, 4) is 16.9 Å². The fourth-order valence-electron chi connectivity index (χ4n) is 7.06. The number of aliphatic hydroxyl groups is 1. The Hall–Kier alpha value is -5.94. The number of alkyl carbamates (subject to hydrolysis) is 1. The summed E-state index contributed by atoms with van der Waals surface area (Å²) in [6.07, 6.45) is 4.03. The number of benzene rings is 4. The van der Waals surface area contributed by atoms with E-state index in [-0.39, 0.29) is 56.8 Å². The summed E-state index contributed by atoms with van der Waals surface area (Å²) in [6, 6.07) is 31.3. The van der Waals surface area contributed by atoms with Crippen molar-refractivity contribution in [1.82, 2.24) is 16.0 Å². The first kappa shape index (κ1) is 39.7. The van der Waals surface area contributed by atoms with Gasteiger partial charge in [-0.05, 0) is 78.1 Å². The molecule has 1 heterocycles. The molecule has 6 rings (SSSR count). The normalized spacial score (nSPS) is 19.1. The van der Waals surface area contributed by atoms with Crippen LogP contribution in [0.2, 0.25) is 0 Å². The standard InChI is InChI=1S/C45H49N3O8/c1-30(26-49)46-42(50)25-33-14-6-3-7-19-41(48-45(53)56-29-40-38-17-10-8-15-36(38)37-16-9-11-18-39(37)40)44(52)55-28-34(47-43(33)51)24-31-20-22-35(23-21-31)54-27-32-12-4-2-5-13-32/h2-6,8-13,15-18,20-23,30,33-34,40-41,49H,7,14,19,24-29H2,1H3,(H,46,50)(H,47,51)(H,48,53). The highest BCUT2D eigenvalue weighted by molar-refractivity contribution is 5.86. The molecule has 0 saturated heterocycles. The lowest BCUT2D eigenvalue weighted by Gasteiger charge is -2.24. The van der Waals surface area contributed by atoms with Gasteiger partial charge in [0.2, 0.25) is 11.8 Å². The molecule has 0 fully saturated rings. The SMILES string of the molecule is CC(CO)NC(=O)CC1CC=CCCC(NC(=O)OCC2c3ccccc3-c3ccccc32)C(=O)OCC(Cc2ccc(OCc3ccccc3)cc2)NC1=O. The molecule has 11 nitrogen and oxygen atoms in total. The Balaban J connectivity index is 1.13. The lowest BCUT2D eigenvalue weighted by molar-refractivity contribution is -0.147. The molecule has 4 atom stereocenters. The van der Waals surface area contributed by atoms with Crippen LogP contribution in [0.25, 0.3) is 11.1 Å². The molecule has 2 aliphatic rings. The van der Waals surface area contributed by atoms with Crippen LogP contribution < -0.4 is 20.7 Å². The maximum atomic E-state index is 13.7. The van der Waals surface area contributed by atoms with Gasteiger partial charge in [-0.15, -0.1) is 0 Å². The molecule has 4 N–H and O–H groups in total. The van der Waals surface area contributed by atoms with Crippen molar-refractivity contribution in [2.75, 3.05) is 19.8 Å². The maximum absolute atomic E-state index is 13.7. The van der Waals surface area contributed by atoms with Gasteiger partial charge in [0.15, 0.2) is 0 Å². The largest absolute Gasteiger partial charge is 0.489 e. The molecule has 56 heavy (non-hydrogen) atoms. The second-order valence-corrected chi connectivity index (χ2v) is 14.3. The van der Waals surface area contributed by atoms with E-state index in [1.165, 1.54) is 0 Å². The number of rotatable bonds is 12. The second kappa shape index (κ2) is 19.6. The zero-order valence-corrected chi connectivity index (χ0v) is 31.5. The van der Waals surface area contributed by atoms with Gasteiger partial charge in [-0.3, -0.25) is 9.59 Å². The number of carbonyl (C=O) groups excluding carboxylic acids is 4. The molecule has 0 aromatic heterocycles. The van der Waals surface area contributed by atoms with Crippen LogP contribution in [0.5, 0.6) is 5.75 Å². The molecular formula is C45H49N3O8. The molecule has 0 radical (unpaired) electrons. The van der Waals surface area contributed by atoms with Crippen molar-refractivity contribution in [2.45, 2.75) is 69.7 Å². The summed E-state index contributed by atoms with van der Waals surface area (Å²) in [4.78, 5) is 53.3. The van der Waals surface area contributed by atoms with Crippen molar-refractivity contribution >= 4 is 23.9 Å². The fourth-order valence-corrected chi connectivity index (χ4v) is 7.06. The number of carbonyl (C=O) groups is 4. The molecular weight excluding hydrogens is 711 g/mol. The molecule has 11 heteroatoms. The van der Waals surface area contributed by atoms with Crippen LogP contribution in [0.15, 0.2) is 115 Å². The highest BCUT2D eigenvalue weighted by Crippen LogP contribution is 2.44. The number of ether oxygens (including phenoxy) is 3. The van der Waals surface area contributed by atoms with Crippen molar-refractivity contribution in [3.05, 3.63) is 138 Å². The van der Waals surface area contributed by atoms with E-state index in [1.54, 1.807) is 6.92 Å². The van der Waals surface area contributed by atoms with E-state index in [0.29, 0.717) is 25.2 Å². The third kappa shape index (κ3) is 10.8. The van der Waals surface area contributed by atoms with E-state index in [4.69, 9.17) is 14.2 Å². The Morgan fingerprint density at radius 3 is 2.25 bits per heavy atom. The summed E-state index contributed by atoms with van der Waals surface area (Å²) in [7, 11) is 0. The minimum atomic E-state index is -1.00. The number of amides is 3. The van der Waals surface area contributed by atoms with E-state index in [9.17, 15) is 24.3 Å². The smallest absolute Gasteiger partial charge is 0.407 e. The van der Waals surface area contributed by atoms with Gasteiger partial charge in [0.1, 0.15) is 31.6 Å². The summed E-state index contributed by atoms with van der Waals surface area (Å²) in [5.41, 5.74) is 6.28. The van der Waals surface area contributed by atoms with E-state index in [0.717, 1.165) is 33.4 Å². The monoisotopic (exact) mass is 759 g/mol. The van der Waals surface area contributed by atoms with Gasteiger partial charge in [0.25, 0.3) is 0 Å². The number of esters is 1. The predicted molar refractivity (Wildman–Crippen MR) is 212 cm³/mol. The number of fused-ring (bicyclic) bond motifs is 3. The van der Waals surface area contributed by atoms with Crippen LogP contribution in [0.1, 0.15) is 60.8 Å². The predicted octanol–water partition coefficient (Wildman–Crippen LogP) is 5.99. The van der Waals surface area contributed by atoms with Gasteiger partial charge in [-0.25, -0.2) is 9.59 Å². The summed E-state index contributed by atoms with van der Waals surface area (Å²) in [5, 5.41) is 17.9.